The molecule has 0 atom stereocenters. The van der Waals surface area contributed by atoms with Crippen LogP contribution in [0.2, 0.25) is 0 Å². The van der Waals surface area contributed by atoms with Crippen molar-refractivity contribution in [3.05, 3.63) is 59.7 Å². The fraction of sp³-hybridized carbons (Fsp3) is 0.353. The van der Waals surface area contributed by atoms with Crippen molar-refractivity contribution in [2.24, 2.45) is 0 Å². The Morgan fingerprint density at radius 3 is 2.71 bits per heavy atom. The summed E-state index contributed by atoms with van der Waals surface area (Å²) in [7, 11) is 1.88. The van der Waals surface area contributed by atoms with Gasteiger partial charge in [-0.3, -0.25) is 4.98 Å². The van der Waals surface area contributed by atoms with Gasteiger partial charge >= 0.3 is 0 Å². The third kappa shape index (κ3) is 3.79. The van der Waals surface area contributed by atoms with Crippen LogP contribution >= 0.6 is 0 Å². The lowest BCUT2D eigenvalue weighted by molar-refractivity contribution is 0.621. The minimum atomic E-state index is -0.203. The van der Waals surface area contributed by atoms with Gasteiger partial charge in [0.1, 0.15) is 5.82 Å². The zero-order chi connectivity index (χ0) is 14.7. The van der Waals surface area contributed by atoms with Crippen molar-refractivity contribution in [2.75, 3.05) is 11.9 Å². The molecule has 0 bridgehead atoms. The molecule has 2 aromatic rings. The molecule has 1 N–H and O–H groups in total. The quantitative estimate of drug-likeness (QED) is 0.884. The zero-order valence-corrected chi connectivity index (χ0v) is 12.2. The molecule has 110 valence electrons. The normalized spacial score (nSPS) is 14.2. The molecule has 4 heteroatoms. The van der Waals surface area contributed by atoms with Crippen LogP contribution in [0.25, 0.3) is 0 Å². The number of hydrogen-bond donors (Lipinski definition) is 1. The minimum Gasteiger partial charge on any atom is -0.366 e. The van der Waals surface area contributed by atoms with Gasteiger partial charge in [0.25, 0.3) is 0 Å². The van der Waals surface area contributed by atoms with Crippen molar-refractivity contribution in [3.63, 3.8) is 0 Å². The van der Waals surface area contributed by atoms with E-state index in [1.165, 1.54) is 24.5 Å². The van der Waals surface area contributed by atoms with E-state index >= 15 is 0 Å². The number of aromatic nitrogens is 1. The number of rotatable bonds is 6. The fourth-order valence-electron chi connectivity index (χ4n) is 2.29. The molecule has 21 heavy (non-hydrogen) atoms. The molecule has 1 saturated carbocycles. The molecular weight excluding hydrogens is 265 g/mol. The SMILES string of the molecule is CN(Cc1ccc(CNC2CC2)cn1)c1ccccc1F. The largest absolute Gasteiger partial charge is 0.366 e. The standard InChI is InChI=1S/C17H20FN3/c1-21(17-5-3-2-4-16(17)18)12-15-7-6-13(11-20-15)10-19-14-8-9-14/h2-7,11,14,19H,8-10,12H2,1H3. The Bertz CT molecular complexity index is 593. The molecule has 1 aromatic carbocycles. The smallest absolute Gasteiger partial charge is 0.146 e. The van der Waals surface area contributed by atoms with Gasteiger partial charge < -0.3 is 10.2 Å². The highest BCUT2D eigenvalue weighted by Crippen LogP contribution is 2.20. The van der Waals surface area contributed by atoms with E-state index in [1.54, 1.807) is 12.1 Å². The maximum absolute atomic E-state index is 13.7. The highest BCUT2D eigenvalue weighted by molar-refractivity contribution is 5.46. The molecule has 1 aliphatic rings. The van der Waals surface area contributed by atoms with Crippen molar-refractivity contribution in [2.45, 2.75) is 32.0 Å². The summed E-state index contributed by atoms with van der Waals surface area (Å²) in [5.74, 6) is -0.203. The maximum atomic E-state index is 13.7. The van der Waals surface area contributed by atoms with E-state index in [4.69, 9.17) is 0 Å². The summed E-state index contributed by atoms with van der Waals surface area (Å²) in [5.41, 5.74) is 2.73. The van der Waals surface area contributed by atoms with Crippen LogP contribution in [-0.2, 0) is 13.1 Å². The van der Waals surface area contributed by atoms with Crippen molar-refractivity contribution < 1.29 is 4.39 Å². The van der Waals surface area contributed by atoms with Gasteiger partial charge in [0, 0.05) is 25.8 Å². The molecule has 1 aliphatic carbocycles. The molecule has 1 aromatic heterocycles. The topological polar surface area (TPSA) is 28.2 Å². The van der Waals surface area contributed by atoms with Crippen molar-refractivity contribution in [1.82, 2.24) is 10.3 Å². The summed E-state index contributed by atoms with van der Waals surface area (Å²) in [6.07, 6.45) is 4.48. The monoisotopic (exact) mass is 285 g/mol. The van der Waals surface area contributed by atoms with Crippen molar-refractivity contribution in [3.8, 4) is 0 Å². The predicted octanol–water partition coefficient (Wildman–Crippen LogP) is 3.11. The van der Waals surface area contributed by atoms with Crippen molar-refractivity contribution in [1.29, 1.82) is 0 Å². The number of pyridine rings is 1. The van der Waals surface area contributed by atoms with Crippen LogP contribution < -0.4 is 10.2 Å². The van der Waals surface area contributed by atoms with Gasteiger partial charge in [0.2, 0.25) is 0 Å². The minimum absolute atomic E-state index is 0.203. The van der Waals surface area contributed by atoms with E-state index in [9.17, 15) is 4.39 Å². The van der Waals surface area contributed by atoms with Crippen LogP contribution in [0.3, 0.4) is 0 Å². The van der Waals surface area contributed by atoms with E-state index in [1.807, 2.05) is 30.3 Å². The third-order valence-electron chi connectivity index (χ3n) is 3.72. The Morgan fingerprint density at radius 2 is 2.05 bits per heavy atom. The Morgan fingerprint density at radius 1 is 1.24 bits per heavy atom. The summed E-state index contributed by atoms with van der Waals surface area (Å²) in [6, 6.07) is 11.6. The maximum Gasteiger partial charge on any atom is 0.146 e. The molecule has 3 rings (SSSR count). The van der Waals surface area contributed by atoms with E-state index in [2.05, 4.69) is 16.4 Å². The van der Waals surface area contributed by atoms with E-state index in [0.29, 0.717) is 18.3 Å². The van der Waals surface area contributed by atoms with E-state index < -0.39 is 0 Å². The number of nitrogens with one attached hydrogen (secondary N) is 1. The molecule has 0 amide bonds. The summed E-state index contributed by atoms with van der Waals surface area (Å²) in [5, 5.41) is 3.47. The lowest BCUT2D eigenvalue weighted by Gasteiger charge is -2.19. The van der Waals surface area contributed by atoms with Gasteiger partial charge in [0.15, 0.2) is 0 Å². The van der Waals surface area contributed by atoms with Gasteiger partial charge in [0.05, 0.1) is 17.9 Å². The van der Waals surface area contributed by atoms with E-state index in [0.717, 1.165) is 12.2 Å². The molecule has 0 saturated heterocycles. The average Bonchev–Trinajstić information content (AvgIpc) is 3.31. The first kappa shape index (κ1) is 14.0. The summed E-state index contributed by atoms with van der Waals surface area (Å²) < 4.78 is 13.7. The Hall–Kier alpha value is -1.94. The van der Waals surface area contributed by atoms with Crippen LogP contribution in [0, 0.1) is 5.82 Å². The molecular formula is C17H20FN3. The second kappa shape index (κ2) is 6.22. The number of para-hydroxylation sites is 1. The molecule has 1 heterocycles. The zero-order valence-electron chi connectivity index (χ0n) is 12.2. The van der Waals surface area contributed by atoms with Gasteiger partial charge in [-0.2, -0.15) is 0 Å². The fourth-order valence-corrected chi connectivity index (χ4v) is 2.29. The first-order chi connectivity index (χ1) is 10.2. The molecule has 0 spiro atoms. The number of nitrogens with zero attached hydrogens (tertiary/aromatic N) is 2. The predicted molar refractivity (Wildman–Crippen MR) is 82.6 cm³/mol. The first-order valence-electron chi connectivity index (χ1n) is 7.35. The highest BCUT2D eigenvalue weighted by Gasteiger charge is 2.19. The van der Waals surface area contributed by atoms with Crippen LogP contribution in [0.1, 0.15) is 24.1 Å². The summed E-state index contributed by atoms with van der Waals surface area (Å²) in [6.45, 7) is 1.47. The summed E-state index contributed by atoms with van der Waals surface area (Å²) >= 11 is 0. The molecule has 0 aliphatic heterocycles. The van der Waals surface area contributed by atoms with Gasteiger partial charge in [-0.05, 0) is 36.6 Å². The molecule has 0 radical (unpaired) electrons. The van der Waals surface area contributed by atoms with Crippen LogP contribution in [0.5, 0.6) is 0 Å². The van der Waals surface area contributed by atoms with Crippen molar-refractivity contribution >= 4 is 5.69 Å². The average molecular weight is 285 g/mol. The highest BCUT2D eigenvalue weighted by atomic mass is 19.1. The van der Waals surface area contributed by atoms with Crippen LogP contribution in [0.15, 0.2) is 42.6 Å². The van der Waals surface area contributed by atoms with Crippen LogP contribution in [0.4, 0.5) is 10.1 Å². The van der Waals surface area contributed by atoms with E-state index in [-0.39, 0.29) is 5.82 Å². The summed E-state index contributed by atoms with van der Waals surface area (Å²) in [4.78, 5) is 6.34. The lowest BCUT2D eigenvalue weighted by atomic mass is 10.2. The van der Waals surface area contributed by atoms with Gasteiger partial charge in [-0.1, -0.05) is 18.2 Å². The number of anilines is 1. The number of hydrogen-bond acceptors (Lipinski definition) is 3. The third-order valence-corrected chi connectivity index (χ3v) is 3.72. The Labute approximate surface area is 124 Å². The Kier molecular flexibility index (Phi) is 4.15. The van der Waals surface area contributed by atoms with Crippen LogP contribution in [-0.4, -0.2) is 18.1 Å². The molecule has 0 unspecified atom stereocenters. The molecule has 3 nitrogen and oxygen atoms in total. The first-order valence-corrected chi connectivity index (χ1v) is 7.35. The van der Waals surface area contributed by atoms with Gasteiger partial charge in [-0.15, -0.1) is 0 Å². The lowest BCUT2D eigenvalue weighted by Crippen LogP contribution is -2.19. The number of benzene rings is 1. The number of halogens is 1. The second-order valence-corrected chi connectivity index (χ2v) is 5.62. The Balaban J connectivity index is 1.60. The second-order valence-electron chi connectivity index (χ2n) is 5.62. The van der Waals surface area contributed by atoms with Gasteiger partial charge in [-0.25, -0.2) is 4.39 Å². The molecule has 1 fully saturated rings.